The van der Waals surface area contributed by atoms with Gasteiger partial charge in [-0.15, -0.1) is 11.3 Å². The van der Waals surface area contributed by atoms with E-state index in [4.69, 9.17) is 5.73 Å². The van der Waals surface area contributed by atoms with Crippen LogP contribution in [0.4, 0.5) is 21.0 Å². The second kappa shape index (κ2) is 10.5. The number of amides is 3. The minimum absolute atomic E-state index is 0.333. The number of aromatic nitrogens is 4. The number of hydrogen-bond acceptors (Lipinski definition) is 10. The number of nitrogens with one attached hydrogen (secondary N) is 1. The van der Waals surface area contributed by atoms with Crippen LogP contribution >= 0.6 is 22.7 Å². The number of anilines is 3. The van der Waals surface area contributed by atoms with Gasteiger partial charge in [-0.25, -0.2) is 24.7 Å². The van der Waals surface area contributed by atoms with Gasteiger partial charge in [0.1, 0.15) is 0 Å². The largest absolute Gasteiger partial charge is 0.481 e. The molecule has 5 rings (SSSR count). The van der Waals surface area contributed by atoms with Crippen molar-refractivity contribution in [2.45, 2.75) is 26.7 Å². The summed E-state index contributed by atoms with van der Waals surface area (Å²) in [6.45, 7) is 4.99. The molecule has 4 aromatic rings. The fourth-order valence-electron chi connectivity index (χ4n) is 4.35. The number of piperidine rings is 1. The van der Waals surface area contributed by atoms with Crippen LogP contribution in [-0.4, -0.2) is 62.6 Å². The maximum Gasteiger partial charge on any atom is 0.321 e. The number of carboxylic acid groups (broad SMARTS) is 1. The first-order valence-corrected chi connectivity index (χ1v) is 13.9. The topological polar surface area (TPSA) is 168 Å². The van der Waals surface area contributed by atoms with E-state index in [0.29, 0.717) is 75.6 Å². The predicted molar refractivity (Wildman–Crippen MR) is 151 cm³/mol. The number of rotatable bonds is 7. The molecule has 0 spiro atoms. The maximum absolute atomic E-state index is 13.3. The third-order valence-corrected chi connectivity index (χ3v) is 8.64. The number of aliphatic carboxylic acids is 1. The van der Waals surface area contributed by atoms with Gasteiger partial charge in [0.05, 0.1) is 21.2 Å². The van der Waals surface area contributed by atoms with Gasteiger partial charge in [0.2, 0.25) is 5.95 Å². The van der Waals surface area contributed by atoms with Crippen molar-refractivity contribution in [3.8, 4) is 11.1 Å². The van der Waals surface area contributed by atoms with Gasteiger partial charge in [-0.1, -0.05) is 11.3 Å². The molecule has 0 aliphatic carbocycles. The van der Waals surface area contributed by atoms with Gasteiger partial charge in [-0.3, -0.25) is 19.8 Å². The van der Waals surface area contributed by atoms with E-state index in [9.17, 15) is 19.5 Å². The maximum atomic E-state index is 13.3. The molecule has 12 nitrogen and oxygen atoms in total. The van der Waals surface area contributed by atoms with Crippen LogP contribution in [0, 0.1) is 5.41 Å². The summed E-state index contributed by atoms with van der Waals surface area (Å²) in [4.78, 5) is 57.9. The normalized spacial score (nSPS) is 14.8. The van der Waals surface area contributed by atoms with Crippen molar-refractivity contribution >= 4 is 67.0 Å². The van der Waals surface area contributed by atoms with E-state index in [1.165, 1.54) is 27.6 Å². The summed E-state index contributed by atoms with van der Waals surface area (Å²) in [6, 6.07) is 2.93. The molecule has 0 atom stereocenters. The SMILES string of the molecule is CCN(C(N)=O)c1nc2cc(-c3cnc(N4CCC(C)(C(=O)O)CC4)nc3)cc(C(=O)Nc3nccs3)c2s1. The monoisotopic (exact) mass is 566 g/mol. The molecule has 0 bridgehead atoms. The van der Waals surface area contributed by atoms with E-state index in [1.807, 2.05) is 11.0 Å². The zero-order chi connectivity index (χ0) is 27.7. The minimum Gasteiger partial charge on any atom is -0.481 e. The summed E-state index contributed by atoms with van der Waals surface area (Å²) in [5.74, 6) is -0.627. The Hall–Kier alpha value is -4.17. The van der Waals surface area contributed by atoms with Crippen LogP contribution < -0.4 is 20.9 Å². The molecule has 3 aromatic heterocycles. The smallest absolute Gasteiger partial charge is 0.321 e. The van der Waals surface area contributed by atoms with E-state index in [2.05, 4.69) is 25.3 Å². The molecule has 1 aliphatic heterocycles. The highest BCUT2D eigenvalue weighted by atomic mass is 32.1. The van der Waals surface area contributed by atoms with Crippen LogP contribution in [-0.2, 0) is 4.79 Å². The second-order valence-electron chi connectivity index (χ2n) is 9.37. The highest BCUT2D eigenvalue weighted by molar-refractivity contribution is 7.22. The number of primary amides is 1. The fraction of sp³-hybridized carbons (Fsp3) is 0.320. The van der Waals surface area contributed by atoms with Crippen molar-refractivity contribution in [2.24, 2.45) is 11.1 Å². The first-order valence-electron chi connectivity index (χ1n) is 12.2. The number of nitrogens with two attached hydrogens (primary N) is 1. The van der Waals surface area contributed by atoms with Crippen molar-refractivity contribution in [1.29, 1.82) is 0 Å². The molecule has 1 aromatic carbocycles. The Morgan fingerprint density at radius 3 is 2.46 bits per heavy atom. The summed E-state index contributed by atoms with van der Waals surface area (Å²) in [5.41, 5.74) is 7.04. The second-order valence-corrected chi connectivity index (χ2v) is 11.2. The number of carbonyl (C=O) groups excluding carboxylic acids is 2. The van der Waals surface area contributed by atoms with Gasteiger partial charge < -0.3 is 15.7 Å². The number of nitrogens with zero attached hydrogens (tertiary/aromatic N) is 6. The van der Waals surface area contributed by atoms with Crippen LogP contribution in [0.5, 0.6) is 0 Å². The average molecular weight is 567 g/mol. The fourth-order valence-corrected chi connectivity index (χ4v) is 6.00. The molecule has 14 heteroatoms. The Balaban J connectivity index is 1.48. The number of thiazole rings is 2. The molecule has 1 saturated heterocycles. The number of carboxylic acids is 1. The van der Waals surface area contributed by atoms with Crippen molar-refractivity contribution < 1.29 is 19.5 Å². The molecule has 0 unspecified atom stereocenters. The lowest BCUT2D eigenvalue weighted by molar-refractivity contribution is -0.149. The van der Waals surface area contributed by atoms with Gasteiger partial charge in [0.15, 0.2) is 10.3 Å². The molecule has 4 heterocycles. The first-order chi connectivity index (χ1) is 18.7. The molecular weight excluding hydrogens is 540 g/mol. The van der Waals surface area contributed by atoms with Crippen LogP contribution in [0.25, 0.3) is 21.3 Å². The summed E-state index contributed by atoms with van der Waals surface area (Å²) in [6.07, 6.45) is 5.96. The lowest BCUT2D eigenvalue weighted by atomic mass is 9.80. The lowest BCUT2D eigenvalue weighted by Gasteiger charge is -2.36. The highest BCUT2D eigenvalue weighted by Gasteiger charge is 2.37. The molecule has 202 valence electrons. The molecule has 0 saturated carbocycles. The molecule has 1 fully saturated rings. The number of benzene rings is 1. The van der Waals surface area contributed by atoms with Gasteiger partial charge >= 0.3 is 12.0 Å². The lowest BCUT2D eigenvalue weighted by Crippen LogP contribution is -2.43. The van der Waals surface area contributed by atoms with Crippen LogP contribution in [0.3, 0.4) is 0 Å². The summed E-state index contributed by atoms with van der Waals surface area (Å²) in [5, 5.41) is 14.9. The van der Waals surface area contributed by atoms with E-state index in [0.717, 1.165) is 0 Å². The quantitative estimate of drug-likeness (QED) is 0.299. The van der Waals surface area contributed by atoms with Gasteiger partial charge in [-0.05, 0) is 44.4 Å². The zero-order valence-electron chi connectivity index (χ0n) is 21.2. The van der Waals surface area contributed by atoms with Crippen LogP contribution in [0.15, 0.2) is 36.1 Å². The summed E-state index contributed by atoms with van der Waals surface area (Å²) in [7, 11) is 0. The van der Waals surface area contributed by atoms with Crippen molar-refractivity contribution in [3.05, 3.63) is 41.7 Å². The molecular formula is C25H26N8O4S2. The Morgan fingerprint density at radius 2 is 1.87 bits per heavy atom. The molecule has 4 N–H and O–H groups in total. The molecule has 39 heavy (non-hydrogen) atoms. The average Bonchev–Trinajstić information content (AvgIpc) is 3.58. The highest BCUT2D eigenvalue weighted by Crippen LogP contribution is 2.36. The van der Waals surface area contributed by atoms with E-state index >= 15 is 0 Å². The van der Waals surface area contributed by atoms with Crippen molar-refractivity contribution in [2.75, 3.05) is 34.8 Å². The van der Waals surface area contributed by atoms with E-state index < -0.39 is 17.4 Å². The number of hydrogen-bond donors (Lipinski definition) is 3. The molecule has 3 amide bonds. The molecule has 0 radical (unpaired) electrons. The Bertz CT molecular complexity index is 1530. The third kappa shape index (κ3) is 5.25. The van der Waals surface area contributed by atoms with E-state index in [1.54, 1.807) is 43.9 Å². The predicted octanol–water partition coefficient (Wildman–Crippen LogP) is 4.06. The standard InChI is InChI=1S/C25H26N8O4S2/c1-3-33(21(26)37)24-30-17-11-14(10-16(18(17)39-24)19(34)31-23-27-6-9-38-23)15-12-28-22(29-13-15)32-7-4-25(2,5-8-32)20(35)36/h6,9-13H,3-5,7-8H2,1-2H3,(H2,26,37)(H,35,36)(H,27,31,34). The zero-order valence-corrected chi connectivity index (χ0v) is 22.9. The Kier molecular flexibility index (Phi) is 7.14. The molecule has 1 aliphatic rings. The Morgan fingerprint density at radius 1 is 1.15 bits per heavy atom. The number of fused-ring (bicyclic) bond motifs is 1. The Labute approximate surface area is 231 Å². The van der Waals surface area contributed by atoms with Crippen LogP contribution in [0.2, 0.25) is 0 Å². The third-order valence-electron chi connectivity index (χ3n) is 6.83. The van der Waals surface area contributed by atoms with Crippen LogP contribution in [0.1, 0.15) is 37.0 Å². The van der Waals surface area contributed by atoms with E-state index in [-0.39, 0.29) is 5.91 Å². The van der Waals surface area contributed by atoms with Crippen molar-refractivity contribution in [3.63, 3.8) is 0 Å². The van der Waals surface area contributed by atoms with Crippen molar-refractivity contribution in [1.82, 2.24) is 19.9 Å². The first kappa shape index (κ1) is 26.4. The minimum atomic E-state index is -0.786. The van der Waals surface area contributed by atoms with Gasteiger partial charge in [-0.2, -0.15) is 0 Å². The summed E-state index contributed by atoms with van der Waals surface area (Å²) >= 11 is 2.51. The van der Waals surface area contributed by atoms with Gasteiger partial charge in [0, 0.05) is 49.2 Å². The van der Waals surface area contributed by atoms with Gasteiger partial charge in [0.25, 0.3) is 5.91 Å². The number of carbonyl (C=O) groups is 3. The number of urea groups is 1. The summed E-state index contributed by atoms with van der Waals surface area (Å²) < 4.78 is 0.606.